The van der Waals surface area contributed by atoms with Gasteiger partial charge in [0.1, 0.15) is 11.2 Å². The molecule has 10 heteroatoms. The highest BCUT2D eigenvalue weighted by Crippen LogP contribution is 2.31. The predicted octanol–water partition coefficient (Wildman–Crippen LogP) is 4.54. The molecular weight excluding hydrogens is 421 g/mol. The van der Waals surface area contributed by atoms with Crippen LogP contribution in [0.15, 0.2) is 41.3 Å². The zero-order valence-electron chi connectivity index (χ0n) is 18.0. The number of fused-ring (bicyclic) bond motifs is 1. The van der Waals surface area contributed by atoms with E-state index in [2.05, 4.69) is 39.3 Å². The summed E-state index contributed by atoms with van der Waals surface area (Å²) in [5.74, 6) is -0.0637. The van der Waals surface area contributed by atoms with Gasteiger partial charge in [0.2, 0.25) is 5.95 Å². The average molecular weight is 448 g/mol. The molecule has 1 aliphatic rings. The molecule has 1 fully saturated rings. The molecule has 0 amide bonds. The number of nitrogens with two attached hydrogens (primary N) is 1. The number of alkyl halides is 3. The first-order chi connectivity index (χ1) is 15.1. The molecule has 0 aliphatic heterocycles. The topological polar surface area (TPSA) is 99.9 Å². The van der Waals surface area contributed by atoms with Crippen molar-refractivity contribution >= 4 is 28.4 Å². The molecule has 0 radical (unpaired) electrons. The molecular formula is C22H27F3N6O. The molecule has 172 valence electrons. The molecule has 4 rings (SSSR count). The van der Waals surface area contributed by atoms with Gasteiger partial charge in [0, 0.05) is 17.9 Å². The van der Waals surface area contributed by atoms with Crippen molar-refractivity contribution in [3.05, 3.63) is 52.4 Å². The molecule has 0 unspecified atom stereocenters. The average Bonchev–Trinajstić information content (AvgIpc) is 2.74. The molecule has 1 aliphatic carbocycles. The maximum absolute atomic E-state index is 12.8. The van der Waals surface area contributed by atoms with E-state index in [1.165, 1.54) is 56.5 Å². The van der Waals surface area contributed by atoms with Crippen LogP contribution in [0.5, 0.6) is 0 Å². The number of aromatic amines is 1. The smallest absolute Gasteiger partial charge is 0.368 e. The summed E-state index contributed by atoms with van der Waals surface area (Å²) >= 11 is 0. The summed E-state index contributed by atoms with van der Waals surface area (Å²) in [4.78, 5) is 24.6. The number of anilines is 3. The summed E-state index contributed by atoms with van der Waals surface area (Å²) < 4.78 is 38.3. The quantitative estimate of drug-likeness (QED) is 0.544. The van der Waals surface area contributed by atoms with Crippen LogP contribution in [0.25, 0.3) is 10.9 Å². The predicted molar refractivity (Wildman–Crippen MR) is 120 cm³/mol. The van der Waals surface area contributed by atoms with Crippen LogP contribution in [0.2, 0.25) is 0 Å². The Morgan fingerprint density at radius 1 is 1.12 bits per heavy atom. The summed E-state index contributed by atoms with van der Waals surface area (Å²) in [6.45, 7) is 0. The third-order valence-corrected chi connectivity index (χ3v) is 5.39. The van der Waals surface area contributed by atoms with Gasteiger partial charge in [0.15, 0.2) is 0 Å². The number of hydrogen-bond acceptors (Lipinski definition) is 6. The molecule has 3 aromatic rings. The minimum absolute atomic E-state index is 0.0358. The fourth-order valence-corrected chi connectivity index (χ4v) is 3.71. The van der Waals surface area contributed by atoms with Gasteiger partial charge in [-0.3, -0.25) is 4.79 Å². The van der Waals surface area contributed by atoms with Crippen LogP contribution in [0.1, 0.15) is 37.7 Å². The summed E-state index contributed by atoms with van der Waals surface area (Å²) in [6.07, 6.45) is 4.13. The van der Waals surface area contributed by atoms with Crippen molar-refractivity contribution in [1.82, 2.24) is 19.9 Å². The zero-order valence-corrected chi connectivity index (χ0v) is 18.0. The van der Waals surface area contributed by atoms with E-state index >= 15 is 0 Å². The van der Waals surface area contributed by atoms with Gasteiger partial charge in [0.25, 0.3) is 5.56 Å². The van der Waals surface area contributed by atoms with Gasteiger partial charge in [-0.05, 0) is 51.2 Å². The lowest BCUT2D eigenvalue weighted by Crippen LogP contribution is -2.29. The number of nitrogen functional groups attached to an aromatic ring is 1. The van der Waals surface area contributed by atoms with Crippen molar-refractivity contribution in [3.63, 3.8) is 0 Å². The number of nitrogens with one attached hydrogen (secondary N) is 2. The standard InChI is InChI=1S/C14H10F3N5O.C8H17N/c15-14(16,17)7-2-1-3-8(6-7)20-11-10-9(21-13(18)22-11)4-5-19-12(10)23;1-9(2)8-6-4-3-5-7-8/h1-6H,(H,19,23)(H3,18,20,21,22);8H,3-7H2,1-2H3. The number of halogens is 3. The zero-order chi connectivity index (χ0) is 23.3. The van der Waals surface area contributed by atoms with Crippen LogP contribution >= 0.6 is 0 Å². The molecule has 0 atom stereocenters. The summed E-state index contributed by atoms with van der Waals surface area (Å²) in [7, 11) is 4.38. The van der Waals surface area contributed by atoms with Gasteiger partial charge in [-0.15, -0.1) is 0 Å². The van der Waals surface area contributed by atoms with E-state index in [0.29, 0.717) is 0 Å². The molecule has 0 saturated heterocycles. The highest BCUT2D eigenvalue weighted by molar-refractivity contribution is 5.90. The normalized spacial score (nSPS) is 14.8. The molecule has 1 saturated carbocycles. The van der Waals surface area contributed by atoms with E-state index in [4.69, 9.17) is 5.73 Å². The van der Waals surface area contributed by atoms with Crippen molar-refractivity contribution in [2.45, 2.75) is 44.3 Å². The Kier molecular flexibility index (Phi) is 7.34. The Morgan fingerprint density at radius 3 is 2.47 bits per heavy atom. The van der Waals surface area contributed by atoms with Gasteiger partial charge in [-0.1, -0.05) is 25.3 Å². The SMILES string of the molecule is CN(C)C1CCCCC1.Nc1nc(Nc2cccc(C(F)(F)F)c2)c2c(=O)[nH]ccc2n1. The second-order valence-electron chi connectivity index (χ2n) is 7.96. The van der Waals surface area contributed by atoms with Crippen molar-refractivity contribution in [1.29, 1.82) is 0 Å². The van der Waals surface area contributed by atoms with Crippen molar-refractivity contribution < 1.29 is 13.2 Å². The Balaban J connectivity index is 0.000000269. The lowest BCUT2D eigenvalue weighted by atomic mass is 9.95. The molecule has 2 heterocycles. The van der Waals surface area contributed by atoms with Crippen LogP contribution in [-0.4, -0.2) is 40.0 Å². The van der Waals surface area contributed by atoms with E-state index in [9.17, 15) is 18.0 Å². The van der Waals surface area contributed by atoms with Crippen LogP contribution in [0, 0.1) is 0 Å². The van der Waals surface area contributed by atoms with Crippen molar-refractivity contribution in [2.75, 3.05) is 25.1 Å². The maximum Gasteiger partial charge on any atom is 0.416 e. The highest BCUT2D eigenvalue weighted by Gasteiger charge is 2.30. The first-order valence-electron chi connectivity index (χ1n) is 10.4. The van der Waals surface area contributed by atoms with Crippen LogP contribution < -0.4 is 16.6 Å². The lowest BCUT2D eigenvalue weighted by Gasteiger charge is -2.27. The van der Waals surface area contributed by atoms with Crippen LogP contribution in [0.4, 0.5) is 30.6 Å². The minimum Gasteiger partial charge on any atom is -0.368 e. The molecule has 32 heavy (non-hydrogen) atoms. The first kappa shape index (κ1) is 23.5. The molecule has 7 nitrogen and oxygen atoms in total. The molecule has 2 aromatic heterocycles. The van der Waals surface area contributed by atoms with Crippen LogP contribution in [0.3, 0.4) is 0 Å². The van der Waals surface area contributed by atoms with E-state index < -0.39 is 17.3 Å². The Labute approximate surface area is 183 Å². The van der Waals surface area contributed by atoms with Crippen LogP contribution in [-0.2, 0) is 6.18 Å². The summed E-state index contributed by atoms with van der Waals surface area (Å²) in [6, 6.07) is 6.95. The van der Waals surface area contributed by atoms with Gasteiger partial charge in [-0.25, -0.2) is 4.98 Å². The fraction of sp³-hybridized carbons (Fsp3) is 0.409. The monoisotopic (exact) mass is 448 g/mol. The number of aromatic nitrogens is 3. The van der Waals surface area contributed by atoms with Gasteiger partial charge in [0.05, 0.1) is 11.1 Å². The Bertz CT molecular complexity index is 1110. The third kappa shape index (κ3) is 5.97. The molecule has 1 aromatic carbocycles. The number of nitrogens with zero attached hydrogens (tertiary/aromatic N) is 3. The Hall–Kier alpha value is -3.14. The third-order valence-electron chi connectivity index (χ3n) is 5.39. The Morgan fingerprint density at radius 2 is 1.84 bits per heavy atom. The van der Waals surface area contributed by atoms with Gasteiger partial charge in [-0.2, -0.15) is 18.2 Å². The molecule has 4 N–H and O–H groups in total. The van der Waals surface area contributed by atoms with Gasteiger partial charge >= 0.3 is 6.18 Å². The number of rotatable bonds is 3. The van der Waals surface area contributed by atoms with E-state index in [0.717, 1.165) is 18.2 Å². The fourth-order valence-electron chi connectivity index (χ4n) is 3.71. The first-order valence-corrected chi connectivity index (χ1v) is 10.4. The largest absolute Gasteiger partial charge is 0.416 e. The number of hydrogen-bond donors (Lipinski definition) is 3. The van der Waals surface area contributed by atoms with Gasteiger partial charge < -0.3 is 20.9 Å². The van der Waals surface area contributed by atoms with E-state index in [1.807, 2.05) is 0 Å². The summed E-state index contributed by atoms with van der Waals surface area (Å²) in [5.41, 5.74) is 4.70. The number of H-pyrrole nitrogens is 1. The van der Waals surface area contributed by atoms with Crippen molar-refractivity contribution in [2.24, 2.45) is 0 Å². The maximum atomic E-state index is 12.8. The molecule has 0 spiro atoms. The molecule has 0 bridgehead atoms. The highest BCUT2D eigenvalue weighted by atomic mass is 19.4. The minimum atomic E-state index is -4.47. The second kappa shape index (κ2) is 9.99. The summed E-state index contributed by atoms with van der Waals surface area (Å²) in [5, 5.41) is 2.80. The second-order valence-corrected chi connectivity index (χ2v) is 7.96. The van der Waals surface area contributed by atoms with E-state index in [1.54, 1.807) is 0 Å². The van der Waals surface area contributed by atoms with Crippen molar-refractivity contribution in [3.8, 4) is 0 Å². The lowest BCUT2D eigenvalue weighted by molar-refractivity contribution is -0.137. The van der Waals surface area contributed by atoms with E-state index in [-0.39, 0.29) is 28.4 Å². The number of benzene rings is 1. The number of pyridine rings is 1.